The molecule has 0 amide bonds. The lowest BCUT2D eigenvalue weighted by Gasteiger charge is -2.12. The van der Waals surface area contributed by atoms with Crippen molar-refractivity contribution < 1.29 is 15.0 Å². The number of aliphatic imine (C=N–C) groups is 1. The molecule has 0 spiro atoms. The van der Waals surface area contributed by atoms with Crippen molar-refractivity contribution in [3.05, 3.63) is 45.8 Å². The van der Waals surface area contributed by atoms with Crippen LogP contribution in [0.4, 0.5) is 5.00 Å². The number of fused-ring (bicyclic) bond motifs is 1. The predicted octanol–water partition coefficient (Wildman–Crippen LogP) is 4.10. The number of aromatic hydroxyl groups is 1. The summed E-state index contributed by atoms with van der Waals surface area (Å²) in [5.74, 6) is -0.582. The smallest absolute Gasteiger partial charge is 0.303 e. The summed E-state index contributed by atoms with van der Waals surface area (Å²) in [6, 6.07) is 7.07. The summed E-state index contributed by atoms with van der Waals surface area (Å²) in [5.41, 5.74) is 3.06. The van der Waals surface area contributed by atoms with Crippen molar-refractivity contribution in [3.8, 4) is 5.75 Å². The van der Waals surface area contributed by atoms with Crippen molar-refractivity contribution in [2.75, 3.05) is 0 Å². The van der Waals surface area contributed by atoms with E-state index in [1.807, 2.05) is 12.1 Å². The fourth-order valence-electron chi connectivity index (χ4n) is 2.94. The number of phenols is 1. The Bertz CT molecular complexity index is 749. The van der Waals surface area contributed by atoms with E-state index in [2.05, 4.69) is 4.99 Å². The number of hydrogen-bond acceptors (Lipinski definition) is 4. The van der Waals surface area contributed by atoms with Gasteiger partial charge in [-0.15, -0.1) is 11.3 Å². The van der Waals surface area contributed by atoms with Crippen LogP contribution >= 0.6 is 11.3 Å². The Hall–Kier alpha value is -2.14. The standard InChI is InChI=1S/C18H19NO3S/c20-15-7-3-1-5-12(15)11-19-18-14(9-10-17(21)22)13-6-2-4-8-16(13)23-18/h1,3,5,7,11,20H,2,4,6,8-10H2,(H,21,22). The lowest BCUT2D eigenvalue weighted by atomic mass is 9.94. The van der Waals surface area contributed by atoms with E-state index in [-0.39, 0.29) is 12.2 Å². The van der Waals surface area contributed by atoms with Crippen LogP contribution in [0.15, 0.2) is 29.3 Å². The van der Waals surface area contributed by atoms with Crippen molar-refractivity contribution in [1.82, 2.24) is 0 Å². The average Bonchev–Trinajstić information content (AvgIpc) is 2.89. The maximum atomic E-state index is 10.9. The molecule has 1 aromatic heterocycles. The minimum absolute atomic E-state index is 0.127. The summed E-state index contributed by atoms with van der Waals surface area (Å²) in [5, 5.41) is 19.7. The summed E-state index contributed by atoms with van der Waals surface area (Å²) in [6.45, 7) is 0. The molecule has 5 heteroatoms. The molecule has 0 saturated carbocycles. The summed E-state index contributed by atoms with van der Waals surface area (Å²) in [6.07, 6.45) is 6.74. The number of carboxylic acids is 1. The first-order valence-electron chi connectivity index (χ1n) is 7.82. The van der Waals surface area contributed by atoms with Crippen LogP contribution in [0.2, 0.25) is 0 Å². The van der Waals surface area contributed by atoms with Gasteiger partial charge in [0.15, 0.2) is 0 Å². The zero-order chi connectivity index (χ0) is 16.2. The molecule has 120 valence electrons. The van der Waals surface area contributed by atoms with Gasteiger partial charge in [-0.25, -0.2) is 4.99 Å². The number of rotatable bonds is 5. The number of carboxylic acid groups (broad SMARTS) is 1. The number of phenolic OH excluding ortho intramolecular Hbond substituents is 1. The highest BCUT2D eigenvalue weighted by atomic mass is 32.1. The zero-order valence-electron chi connectivity index (χ0n) is 12.8. The van der Waals surface area contributed by atoms with E-state index in [0.717, 1.165) is 29.8 Å². The van der Waals surface area contributed by atoms with E-state index < -0.39 is 5.97 Å². The molecule has 0 radical (unpaired) electrons. The Morgan fingerprint density at radius 1 is 1.26 bits per heavy atom. The first kappa shape index (κ1) is 15.7. The number of thiophene rings is 1. The van der Waals surface area contributed by atoms with Gasteiger partial charge in [0.1, 0.15) is 10.8 Å². The number of aliphatic carboxylic acids is 1. The summed E-state index contributed by atoms with van der Waals surface area (Å²) >= 11 is 1.67. The van der Waals surface area contributed by atoms with Crippen LogP contribution in [0, 0.1) is 0 Å². The molecule has 3 rings (SSSR count). The van der Waals surface area contributed by atoms with Crippen molar-refractivity contribution >= 4 is 28.5 Å². The molecule has 4 nitrogen and oxygen atoms in total. The summed E-state index contributed by atoms with van der Waals surface area (Å²) in [7, 11) is 0. The predicted molar refractivity (Wildman–Crippen MR) is 92.3 cm³/mol. The number of nitrogens with zero attached hydrogens (tertiary/aromatic N) is 1. The van der Waals surface area contributed by atoms with Crippen LogP contribution in [0.3, 0.4) is 0 Å². The van der Waals surface area contributed by atoms with Gasteiger partial charge < -0.3 is 10.2 Å². The minimum atomic E-state index is -0.781. The normalized spacial score (nSPS) is 14.1. The third kappa shape index (κ3) is 3.62. The third-order valence-corrected chi connectivity index (χ3v) is 5.35. The molecule has 0 fully saturated rings. The van der Waals surface area contributed by atoms with E-state index in [9.17, 15) is 9.90 Å². The topological polar surface area (TPSA) is 69.9 Å². The van der Waals surface area contributed by atoms with E-state index >= 15 is 0 Å². The SMILES string of the molecule is O=C(O)CCc1c(N=Cc2ccccc2O)sc2c1CCCC2. The van der Waals surface area contributed by atoms with Crippen molar-refractivity contribution in [2.45, 2.75) is 38.5 Å². The van der Waals surface area contributed by atoms with Crippen LogP contribution in [0.25, 0.3) is 0 Å². The Labute approximate surface area is 139 Å². The maximum absolute atomic E-state index is 10.9. The first-order valence-corrected chi connectivity index (χ1v) is 8.64. The van der Waals surface area contributed by atoms with E-state index in [1.54, 1.807) is 29.7 Å². The van der Waals surface area contributed by atoms with E-state index in [0.29, 0.717) is 12.0 Å². The second kappa shape index (κ2) is 6.96. The van der Waals surface area contributed by atoms with Crippen LogP contribution in [0.1, 0.15) is 40.8 Å². The summed E-state index contributed by atoms with van der Waals surface area (Å²) < 4.78 is 0. The fourth-order valence-corrected chi connectivity index (χ4v) is 4.22. The van der Waals surface area contributed by atoms with Crippen molar-refractivity contribution in [2.24, 2.45) is 4.99 Å². The monoisotopic (exact) mass is 329 g/mol. The average molecular weight is 329 g/mol. The first-order chi connectivity index (χ1) is 11.1. The van der Waals surface area contributed by atoms with Crippen molar-refractivity contribution in [3.63, 3.8) is 0 Å². The minimum Gasteiger partial charge on any atom is -0.507 e. The molecule has 1 aromatic carbocycles. The molecule has 1 aliphatic carbocycles. The van der Waals surface area contributed by atoms with Gasteiger partial charge in [-0.2, -0.15) is 0 Å². The van der Waals surface area contributed by atoms with Gasteiger partial charge in [0.2, 0.25) is 0 Å². The van der Waals surface area contributed by atoms with Crippen molar-refractivity contribution in [1.29, 1.82) is 0 Å². The van der Waals surface area contributed by atoms with Crippen LogP contribution in [-0.2, 0) is 24.1 Å². The second-order valence-corrected chi connectivity index (χ2v) is 6.79. The van der Waals surface area contributed by atoms with Gasteiger partial charge in [0.05, 0.1) is 0 Å². The number of para-hydroxylation sites is 1. The van der Waals surface area contributed by atoms with Gasteiger partial charge in [0.25, 0.3) is 0 Å². The maximum Gasteiger partial charge on any atom is 0.303 e. The van der Waals surface area contributed by atoms with Crippen LogP contribution in [-0.4, -0.2) is 22.4 Å². The van der Waals surface area contributed by atoms with E-state index in [1.165, 1.54) is 16.9 Å². The highest BCUT2D eigenvalue weighted by Crippen LogP contribution is 2.40. The number of carbonyl (C=O) groups is 1. The quantitative estimate of drug-likeness (QED) is 0.811. The van der Waals surface area contributed by atoms with Gasteiger partial charge in [-0.1, -0.05) is 12.1 Å². The molecule has 2 N–H and O–H groups in total. The molecular formula is C18H19NO3S. The Balaban J connectivity index is 1.92. The van der Waals surface area contributed by atoms with Gasteiger partial charge in [-0.05, 0) is 55.4 Å². The van der Waals surface area contributed by atoms with Crippen LogP contribution in [0.5, 0.6) is 5.75 Å². The Morgan fingerprint density at radius 2 is 2.04 bits per heavy atom. The van der Waals surface area contributed by atoms with Crippen LogP contribution < -0.4 is 0 Å². The molecular weight excluding hydrogens is 310 g/mol. The molecule has 0 bridgehead atoms. The summed E-state index contributed by atoms with van der Waals surface area (Å²) in [4.78, 5) is 16.8. The molecule has 1 aliphatic rings. The Morgan fingerprint density at radius 3 is 2.83 bits per heavy atom. The molecule has 1 heterocycles. The van der Waals surface area contributed by atoms with Gasteiger partial charge in [-0.3, -0.25) is 4.79 Å². The zero-order valence-corrected chi connectivity index (χ0v) is 13.6. The van der Waals surface area contributed by atoms with Gasteiger partial charge in [0, 0.05) is 23.1 Å². The molecule has 0 aliphatic heterocycles. The van der Waals surface area contributed by atoms with E-state index in [4.69, 9.17) is 5.11 Å². The lowest BCUT2D eigenvalue weighted by molar-refractivity contribution is -0.136. The molecule has 0 saturated heterocycles. The fraction of sp³-hybridized carbons (Fsp3) is 0.333. The lowest BCUT2D eigenvalue weighted by Crippen LogP contribution is -2.03. The number of benzene rings is 1. The number of hydrogen-bond donors (Lipinski definition) is 2. The largest absolute Gasteiger partial charge is 0.507 e. The highest BCUT2D eigenvalue weighted by molar-refractivity contribution is 7.16. The molecule has 2 aromatic rings. The second-order valence-electron chi connectivity index (χ2n) is 5.71. The van der Waals surface area contributed by atoms with Gasteiger partial charge >= 0.3 is 5.97 Å². The molecule has 0 atom stereocenters. The molecule has 0 unspecified atom stereocenters. The molecule has 23 heavy (non-hydrogen) atoms. The third-order valence-electron chi connectivity index (χ3n) is 4.11. The highest BCUT2D eigenvalue weighted by Gasteiger charge is 2.20. The Kier molecular flexibility index (Phi) is 4.76. The number of aryl methyl sites for hydroxylation is 1.